The zero-order valence-corrected chi connectivity index (χ0v) is 22.1. The summed E-state index contributed by atoms with van der Waals surface area (Å²) in [7, 11) is -3.07. The van der Waals surface area contributed by atoms with E-state index in [1.165, 1.54) is 85.5 Å². The predicted molar refractivity (Wildman–Crippen MR) is 146 cm³/mol. The first-order chi connectivity index (χ1) is 18.1. The van der Waals surface area contributed by atoms with E-state index in [1.54, 1.807) is 6.07 Å². The number of aromatic nitrogens is 2. The van der Waals surface area contributed by atoms with Crippen molar-refractivity contribution in [2.24, 2.45) is 4.36 Å². The van der Waals surface area contributed by atoms with Crippen LogP contribution in [0.2, 0.25) is 10.0 Å². The number of carbonyl (C=O) groups excluding carboxylic acids is 3. The van der Waals surface area contributed by atoms with Crippen molar-refractivity contribution in [3.63, 3.8) is 0 Å². The summed E-state index contributed by atoms with van der Waals surface area (Å²) >= 11 is 11.9. The summed E-state index contributed by atoms with van der Waals surface area (Å²) in [5, 5.41) is 6.02. The molecule has 38 heavy (non-hydrogen) atoms. The lowest BCUT2D eigenvalue weighted by Crippen LogP contribution is -2.18. The molecular formula is C26H19Cl2N5O4S. The molecular weight excluding hydrogens is 549 g/mol. The standard InChI is InChI=1S/C26H19Cl2N5O4S/c1-38(37,33-25(35)17-10-12-29-13-11-17)20-6-2-16(3-7-20)24(34)31-22-8-4-18(27)14-21(22)26(36)32-23-9-5-19(28)15-30-23/h2-15H,1H3,(H,31,34)(H,30,32,36). The van der Waals surface area contributed by atoms with Gasteiger partial charge in [0.2, 0.25) is 0 Å². The highest BCUT2D eigenvalue weighted by atomic mass is 35.5. The Kier molecular flexibility index (Phi) is 8.16. The largest absolute Gasteiger partial charge is 0.321 e. The van der Waals surface area contributed by atoms with E-state index in [4.69, 9.17) is 23.2 Å². The van der Waals surface area contributed by atoms with Crippen LogP contribution in [0.5, 0.6) is 0 Å². The molecule has 0 saturated carbocycles. The average molecular weight is 568 g/mol. The minimum Gasteiger partial charge on any atom is -0.321 e. The number of halogens is 2. The lowest BCUT2D eigenvalue weighted by atomic mass is 10.1. The summed E-state index contributed by atoms with van der Waals surface area (Å²) in [4.78, 5) is 46.3. The molecule has 4 aromatic rings. The molecule has 4 rings (SSSR count). The molecule has 192 valence electrons. The minimum atomic E-state index is -3.07. The second-order valence-corrected chi connectivity index (χ2v) is 11.1. The van der Waals surface area contributed by atoms with Gasteiger partial charge in [0.15, 0.2) is 0 Å². The van der Waals surface area contributed by atoms with Gasteiger partial charge in [0.1, 0.15) is 5.82 Å². The topological polar surface area (TPSA) is 130 Å². The fourth-order valence-electron chi connectivity index (χ4n) is 3.26. The Balaban J connectivity index is 1.52. The molecule has 1 atom stereocenters. The van der Waals surface area contributed by atoms with Crippen LogP contribution in [0.1, 0.15) is 31.1 Å². The fourth-order valence-corrected chi connectivity index (χ4v) is 4.71. The fraction of sp³-hybridized carbons (Fsp3) is 0.0385. The second kappa shape index (κ2) is 11.5. The van der Waals surface area contributed by atoms with Crippen LogP contribution in [0.15, 0.2) is 94.6 Å². The first kappa shape index (κ1) is 26.9. The van der Waals surface area contributed by atoms with Crippen molar-refractivity contribution in [2.45, 2.75) is 4.90 Å². The van der Waals surface area contributed by atoms with E-state index >= 15 is 0 Å². The van der Waals surface area contributed by atoms with Crippen molar-refractivity contribution in [2.75, 3.05) is 16.9 Å². The highest BCUT2D eigenvalue weighted by Crippen LogP contribution is 2.23. The summed E-state index contributed by atoms with van der Waals surface area (Å²) in [6.07, 6.45) is 5.61. The molecule has 2 heterocycles. The Morgan fingerprint density at radius 2 is 1.50 bits per heavy atom. The van der Waals surface area contributed by atoms with Crippen LogP contribution in [0, 0.1) is 0 Å². The van der Waals surface area contributed by atoms with Crippen LogP contribution in [0.4, 0.5) is 11.5 Å². The zero-order chi connectivity index (χ0) is 27.3. The molecule has 2 aromatic carbocycles. The van der Waals surface area contributed by atoms with Crippen LogP contribution in [0.3, 0.4) is 0 Å². The summed E-state index contributed by atoms with van der Waals surface area (Å²) in [5.74, 6) is -1.43. The summed E-state index contributed by atoms with van der Waals surface area (Å²) < 4.78 is 17.0. The molecule has 12 heteroatoms. The molecule has 0 aliphatic rings. The van der Waals surface area contributed by atoms with E-state index < -0.39 is 27.5 Å². The van der Waals surface area contributed by atoms with E-state index in [2.05, 4.69) is 25.0 Å². The highest BCUT2D eigenvalue weighted by Gasteiger charge is 2.17. The predicted octanol–water partition coefficient (Wildman–Crippen LogP) is 5.59. The smallest absolute Gasteiger partial charge is 0.285 e. The molecule has 0 radical (unpaired) electrons. The molecule has 0 aliphatic carbocycles. The molecule has 0 saturated heterocycles. The third-order valence-corrected chi connectivity index (χ3v) is 7.30. The van der Waals surface area contributed by atoms with Crippen LogP contribution in [-0.4, -0.2) is 38.2 Å². The molecule has 0 spiro atoms. The summed E-state index contributed by atoms with van der Waals surface area (Å²) in [5.41, 5.74) is 0.821. The summed E-state index contributed by atoms with van der Waals surface area (Å²) in [6.45, 7) is 0. The quantitative estimate of drug-likeness (QED) is 0.312. The van der Waals surface area contributed by atoms with Gasteiger partial charge in [-0.3, -0.25) is 19.4 Å². The molecule has 1 unspecified atom stereocenters. The Labute approximate surface area is 228 Å². The van der Waals surface area contributed by atoms with Crippen molar-refractivity contribution in [1.29, 1.82) is 0 Å². The zero-order valence-electron chi connectivity index (χ0n) is 19.7. The third-order valence-electron chi connectivity index (χ3n) is 5.18. The Morgan fingerprint density at radius 1 is 0.816 bits per heavy atom. The van der Waals surface area contributed by atoms with Crippen LogP contribution in [-0.2, 0) is 9.73 Å². The molecule has 0 aliphatic heterocycles. The van der Waals surface area contributed by atoms with Crippen molar-refractivity contribution >= 4 is 62.2 Å². The van der Waals surface area contributed by atoms with Gasteiger partial charge in [-0.05, 0) is 66.7 Å². The molecule has 0 bridgehead atoms. The Morgan fingerprint density at radius 3 is 2.16 bits per heavy atom. The van der Waals surface area contributed by atoms with Gasteiger partial charge in [-0.25, -0.2) is 9.19 Å². The van der Waals surface area contributed by atoms with Gasteiger partial charge in [-0.1, -0.05) is 23.2 Å². The lowest BCUT2D eigenvalue weighted by Gasteiger charge is -2.12. The monoisotopic (exact) mass is 567 g/mol. The number of rotatable bonds is 6. The molecule has 2 N–H and O–H groups in total. The number of nitrogens with one attached hydrogen (secondary N) is 2. The third kappa shape index (κ3) is 6.60. The molecule has 9 nitrogen and oxygen atoms in total. The van der Waals surface area contributed by atoms with Crippen LogP contribution >= 0.6 is 23.2 Å². The van der Waals surface area contributed by atoms with Gasteiger partial charge >= 0.3 is 0 Å². The summed E-state index contributed by atoms with van der Waals surface area (Å²) in [6, 6.07) is 16.3. The molecule has 0 fully saturated rings. The first-order valence-electron chi connectivity index (χ1n) is 10.9. The number of carbonyl (C=O) groups is 3. The van der Waals surface area contributed by atoms with Gasteiger partial charge in [-0.15, -0.1) is 0 Å². The van der Waals surface area contributed by atoms with Gasteiger partial charge in [0, 0.05) is 45.9 Å². The number of benzene rings is 2. The van der Waals surface area contributed by atoms with Gasteiger partial charge < -0.3 is 10.6 Å². The maximum atomic E-state index is 13.1. The SMILES string of the molecule is CS(=O)(=NC(=O)c1ccncc1)c1ccc(C(=O)Nc2ccc(Cl)cc2C(=O)Nc2ccc(Cl)cn2)cc1. The number of nitrogens with zero attached hydrogens (tertiary/aromatic N) is 3. The van der Waals surface area contributed by atoms with Gasteiger partial charge in [0.25, 0.3) is 17.7 Å². The van der Waals surface area contributed by atoms with Crippen LogP contribution in [0.25, 0.3) is 0 Å². The number of hydrogen-bond donors (Lipinski definition) is 2. The number of anilines is 2. The van der Waals surface area contributed by atoms with Crippen molar-refractivity contribution in [3.8, 4) is 0 Å². The normalized spacial score (nSPS) is 12.2. The van der Waals surface area contributed by atoms with E-state index in [-0.39, 0.29) is 33.1 Å². The maximum Gasteiger partial charge on any atom is 0.285 e. The van der Waals surface area contributed by atoms with E-state index in [0.29, 0.717) is 10.0 Å². The Hall–Kier alpha value is -4.12. The first-order valence-corrected chi connectivity index (χ1v) is 13.6. The lowest BCUT2D eigenvalue weighted by molar-refractivity contribution is 0.0999. The average Bonchev–Trinajstić information content (AvgIpc) is 2.91. The van der Waals surface area contributed by atoms with E-state index in [0.717, 1.165) is 0 Å². The maximum absolute atomic E-state index is 13.1. The van der Waals surface area contributed by atoms with Crippen molar-refractivity contribution < 1.29 is 18.6 Å². The van der Waals surface area contributed by atoms with Crippen molar-refractivity contribution in [1.82, 2.24) is 9.97 Å². The second-order valence-electron chi connectivity index (χ2n) is 7.92. The Bertz CT molecular complexity index is 1640. The van der Waals surface area contributed by atoms with E-state index in [1.807, 2.05) is 0 Å². The number of hydrogen-bond acceptors (Lipinski definition) is 6. The van der Waals surface area contributed by atoms with Gasteiger partial charge in [-0.2, -0.15) is 4.36 Å². The molecule has 2 aromatic heterocycles. The van der Waals surface area contributed by atoms with Crippen molar-refractivity contribution in [3.05, 3.63) is 112 Å². The highest BCUT2D eigenvalue weighted by molar-refractivity contribution is 7.93. The van der Waals surface area contributed by atoms with Crippen LogP contribution < -0.4 is 10.6 Å². The van der Waals surface area contributed by atoms with Gasteiger partial charge in [0.05, 0.1) is 26.0 Å². The minimum absolute atomic E-state index is 0.115. The number of amides is 3. The van der Waals surface area contributed by atoms with E-state index in [9.17, 15) is 18.6 Å². The number of pyridine rings is 2. The molecule has 3 amide bonds.